The molecule has 0 aromatic carbocycles. The number of halogens is 1. The summed E-state index contributed by atoms with van der Waals surface area (Å²) in [5, 5.41) is 2.98. The predicted octanol–water partition coefficient (Wildman–Crippen LogP) is 2.34. The first kappa shape index (κ1) is 10.8. The molecule has 0 saturated carbocycles. The van der Waals surface area contributed by atoms with Gasteiger partial charge in [-0.2, -0.15) is 0 Å². The van der Waals surface area contributed by atoms with Crippen molar-refractivity contribution >= 4 is 39.8 Å². The van der Waals surface area contributed by atoms with Gasteiger partial charge in [0.15, 0.2) is 0 Å². The van der Waals surface area contributed by atoms with Crippen LogP contribution in [0.4, 0.5) is 0 Å². The second-order valence-electron chi connectivity index (χ2n) is 2.75. The molecule has 1 aromatic rings. The average Bonchev–Trinajstić information content (AvgIpc) is 2.17. The standard InChI is InChI=1S/C9H11IN2S/c1-6(9(13)11-2)7-3-4-8(10)12-5-7/h3-6H,1-2H3,(H,11,13). The normalized spacial score (nSPS) is 12.2. The maximum Gasteiger partial charge on any atom is 0.101 e. The zero-order chi connectivity index (χ0) is 9.84. The van der Waals surface area contributed by atoms with Crippen molar-refractivity contribution in [3.05, 3.63) is 27.6 Å². The average molecular weight is 306 g/mol. The van der Waals surface area contributed by atoms with E-state index in [1.54, 1.807) is 0 Å². The molecule has 1 rings (SSSR count). The van der Waals surface area contributed by atoms with Crippen LogP contribution in [-0.2, 0) is 0 Å². The molecule has 1 aromatic heterocycles. The van der Waals surface area contributed by atoms with Crippen molar-refractivity contribution in [1.29, 1.82) is 0 Å². The summed E-state index contributed by atoms with van der Waals surface area (Å²) in [6.45, 7) is 2.07. The summed E-state index contributed by atoms with van der Waals surface area (Å²) >= 11 is 7.34. The van der Waals surface area contributed by atoms with Crippen LogP contribution in [0.1, 0.15) is 18.4 Å². The minimum Gasteiger partial charge on any atom is -0.382 e. The lowest BCUT2D eigenvalue weighted by atomic mass is 10.0. The van der Waals surface area contributed by atoms with Gasteiger partial charge in [0.2, 0.25) is 0 Å². The molecule has 0 spiro atoms. The number of rotatable bonds is 2. The van der Waals surface area contributed by atoms with Crippen molar-refractivity contribution in [3.8, 4) is 0 Å². The first-order valence-electron chi connectivity index (χ1n) is 3.98. The molecule has 0 amide bonds. The first-order chi connectivity index (χ1) is 6.15. The quantitative estimate of drug-likeness (QED) is 0.516. The molecule has 0 fully saturated rings. The molecule has 0 bridgehead atoms. The van der Waals surface area contributed by atoms with Gasteiger partial charge in [-0.05, 0) is 34.2 Å². The van der Waals surface area contributed by atoms with Gasteiger partial charge in [-0.3, -0.25) is 4.98 Å². The molecule has 1 atom stereocenters. The summed E-state index contributed by atoms with van der Waals surface area (Å²) in [4.78, 5) is 5.07. The molecule has 0 saturated heterocycles. The van der Waals surface area contributed by atoms with Gasteiger partial charge in [-0.15, -0.1) is 0 Å². The van der Waals surface area contributed by atoms with Crippen molar-refractivity contribution in [2.24, 2.45) is 0 Å². The van der Waals surface area contributed by atoms with Gasteiger partial charge in [-0.1, -0.05) is 25.2 Å². The summed E-state index contributed by atoms with van der Waals surface area (Å²) in [6.07, 6.45) is 1.87. The fourth-order valence-electron chi connectivity index (χ4n) is 1.01. The second-order valence-corrected chi connectivity index (χ2v) is 4.30. The van der Waals surface area contributed by atoms with Gasteiger partial charge >= 0.3 is 0 Å². The highest BCUT2D eigenvalue weighted by atomic mass is 127. The minimum atomic E-state index is 0.240. The number of hydrogen-bond donors (Lipinski definition) is 1. The number of pyridine rings is 1. The maximum absolute atomic E-state index is 5.15. The lowest BCUT2D eigenvalue weighted by Crippen LogP contribution is -2.21. The summed E-state index contributed by atoms with van der Waals surface area (Å²) in [6, 6.07) is 4.05. The summed E-state index contributed by atoms with van der Waals surface area (Å²) in [5.41, 5.74) is 1.15. The van der Waals surface area contributed by atoms with Crippen LogP contribution in [0.3, 0.4) is 0 Å². The Balaban J connectivity index is 2.83. The number of likely N-dealkylation sites (N-methyl/N-ethyl adjacent to an activating group) is 1. The Kier molecular flexibility index (Phi) is 4.05. The van der Waals surface area contributed by atoms with Crippen LogP contribution in [0.5, 0.6) is 0 Å². The summed E-state index contributed by atoms with van der Waals surface area (Å²) in [5.74, 6) is 0.240. The molecule has 1 heterocycles. The highest BCUT2D eigenvalue weighted by Crippen LogP contribution is 2.15. The van der Waals surface area contributed by atoms with E-state index < -0.39 is 0 Å². The topological polar surface area (TPSA) is 24.9 Å². The zero-order valence-electron chi connectivity index (χ0n) is 7.54. The molecule has 1 unspecified atom stereocenters. The fourth-order valence-corrected chi connectivity index (χ4v) is 1.47. The van der Waals surface area contributed by atoms with E-state index in [9.17, 15) is 0 Å². The van der Waals surface area contributed by atoms with Crippen molar-refractivity contribution in [2.45, 2.75) is 12.8 Å². The predicted molar refractivity (Wildman–Crippen MR) is 67.0 cm³/mol. The Morgan fingerprint density at radius 3 is 2.77 bits per heavy atom. The highest BCUT2D eigenvalue weighted by Gasteiger charge is 2.09. The van der Waals surface area contributed by atoms with Crippen LogP contribution in [0.15, 0.2) is 18.3 Å². The Bertz CT molecular complexity index is 297. The van der Waals surface area contributed by atoms with E-state index in [1.165, 1.54) is 0 Å². The largest absolute Gasteiger partial charge is 0.382 e. The van der Waals surface area contributed by atoms with Crippen LogP contribution in [-0.4, -0.2) is 17.0 Å². The maximum atomic E-state index is 5.15. The minimum absolute atomic E-state index is 0.240. The Morgan fingerprint density at radius 2 is 2.31 bits per heavy atom. The van der Waals surface area contributed by atoms with Crippen LogP contribution >= 0.6 is 34.8 Å². The third kappa shape index (κ3) is 2.87. The molecule has 0 aliphatic heterocycles. The van der Waals surface area contributed by atoms with Gasteiger partial charge in [0.25, 0.3) is 0 Å². The van der Waals surface area contributed by atoms with Gasteiger partial charge in [0, 0.05) is 19.2 Å². The molecular weight excluding hydrogens is 295 g/mol. The SMILES string of the molecule is CNC(=S)C(C)c1ccc(I)nc1. The lowest BCUT2D eigenvalue weighted by Gasteiger charge is -2.12. The molecule has 2 nitrogen and oxygen atoms in total. The number of hydrogen-bond acceptors (Lipinski definition) is 2. The number of nitrogens with zero attached hydrogens (tertiary/aromatic N) is 1. The molecule has 4 heteroatoms. The Labute approximate surface area is 97.3 Å². The molecular formula is C9H11IN2S. The monoisotopic (exact) mass is 306 g/mol. The van der Waals surface area contributed by atoms with Crippen molar-refractivity contribution < 1.29 is 0 Å². The van der Waals surface area contributed by atoms with Gasteiger partial charge < -0.3 is 5.32 Å². The third-order valence-corrected chi connectivity index (χ3v) is 3.09. The number of nitrogens with one attached hydrogen (secondary N) is 1. The van der Waals surface area contributed by atoms with E-state index in [0.29, 0.717) is 0 Å². The second kappa shape index (κ2) is 4.85. The van der Waals surface area contributed by atoms with E-state index in [-0.39, 0.29) is 5.92 Å². The van der Waals surface area contributed by atoms with Crippen molar-refractivity contribution in [2.75, 3.05) is 7.05 Å². The van der Waals surface area contributed by atoms with Crippen LogP contribution < -0.4 is 5.32 Å². The van der Waals surface area contributed by atoms with E-state index >= 15 is 0 Å². The van der Waals surface area contributed by atoms with Gasteiger partial charge in [-0.25, -0.2) is 0 Å². The Morgan fingerprint density at radius 1 is 1.62 bits per heavy atom. The number of thiocarbonyl (C=S) groups is 1. The van der Waals surface area contributed by atoms with Crippen molar-refractivity contribution in [1.82, 2.24) is 10.3 Å². The van der Waals surface area contributed by atoms with Crippen molar-refractivity contribution in [3.63, 3.8) is 0 Å². The van der Waals surface area contributed by atoms with Gasteiger partial charge in [0.05, 0.1) is 4.99 Å². The van der Waals surface area contributed by atoms with Crippen LogP contribution in [0.25, 0.3) is 0 Å². The first-order valence-corrected chi connectivity index (χ1v) is 5.47. The molecule has 70 valence electrons. The van der Waals surface area contributed by atoms with E-state index in [4.69, 9.17) is 12.2 Å². The van der Waals surface area contributed by atoms with E-state index in [0.717, 1.165) is 14.3 Å². The van der Waals surface area contributed by atoms with Gasteiger partial charge in [0.1, 0.15) is 3.70 Å². The summed E-state index contributed by atoms with van der Waals surface area (Å²) < 4.78 is 1.00. The third-order valence-electron chi connectivity index (χ3n) is 1.89. The molecule has 1 N–H and O–H groups in total. The number of aromatic nitrogens is 1. The van der Waals surface area contributed by atoms with Crippen LogP contribution in [0, 0.1) is 3.70 Å². The molecule has 0 aliphatic carbocycles. The Hall–Kier alpha value is -0.230. The fraction of sp³-hybridized carbons (Fsp3) is 0.333. The zero-order valence-corrected chi connectivity index (χ0v) is 10.5. The molecule has 0 radical (unpaired) electrons. The highest BCUT2D eigenvalue weighted by molar-refractivity contribution is 14.1. The lowest BCUT2D eigenvalue weighted by molar-refractivity contribution is 0.960. The van der Waals surface area contributed by atoms with E-state index in [2.05, 4.69) is 45.9 Å². The molecule has 13 heavy (non-hydrogen) atoms. The van der Waals surface area contributed by atoms with Crippen LogP contribution in [0.2, 0.25) is 0 Å². The summed E-state index contributed by atoms with van der Waals surface area (Å²) in [7, 11) is 1.85. The smallest absolute Gasteiger partial charge is 0.101 e. The van der Waals surface area contributed by atoms with E-state index in [1.807, 2.05) is 19.3 Å². The molecule has 0 aliphatic rings.